The van der Waals surface area contributed by atoms with Crippen LogP contribution in [0, 0.1) is 5.41 Å². The van der Waals surface area contributed by atoms with Gasteiger partial charge in [0.25, 0.3) is 0 Å². The van der Waals surface area contributed by atoms with Crippen LogP contribution in [0.2, 0.25) is 0 Å². The summed E-state index contributed by atoms with van der Waals surface area (Å²) in [4.78, 5) is 13.7. The van der Waals surface area contributed by atoms with Gasteiger partial charge in [0.15, 0.2) is 0 Å². The fourth-order valence-electron chi connectivity index (χ4n) is 3.12. The summed E-state index contributed by atoms with van der Waals surface area (Å²) < 4.78 is 5.39. The summed E-state index contributed by atoms with van der Waals surface area (Å²) >= 11 is 0. The molecule has 2 fully saturated rings. The molecule has 1 saturated carbocycles. The molecule has 2 aliphatic rings. The number of aliphatic hydroxyl groups is 1. The maximum Gasteiger partial charge on any atom is 0.410 e. The molecule has 1 saturated heterocycles. The highest BCUT2D eigenvalue weighted by atomic mass is 16.6. The zero-order valence-corrected chi connectivity index (χ0v) is 11.7. The lowest BCUT2D eigenvalue weighted by Gasteiger charge is -2.39. The highest BCUT2D eigenvalue weighted by Crippen LogP contribution is 2.46. The highest BCUT2D eigenvalue weighted by Gasteiger charge is 2.42. The molecule has 1 amide bonds. The lowest BCUT2D eigenvalue weighted by molar-refractivity contribution is 0.00929. The summed E-state index contributed by atoms with van der Waals surface area (Å²) in [6.45, 7) is 7.21. The molecule has 0 unspecified atom stereocenters. The van der Waals surface area contributed by atoms with E-state index in [-0.39, 0.29) is 17.6 Å². The molecule has 4 heteroatoms. The fraction of sp³-hybridized carbons (Fsp3) is 0.929. The molecule has 4 nitrogen and oxygen atoms in total. The molecule has 18 heavy (non-hydrogen) atoms. The Bertz CT molecular complexity index is 313. The van der Waals surface area contributed by atoms with Crippen molar-refractivity contribution < 1.29 is 14.6 Å². The van der Waals surface area contributed by atoms with E-state index in [1.54, 1.807) is 4.90 Å². The molecule has 1 aliphatic carbocycles. The summed E-state index contributed by atoms with van der Waals surface area (Å²) in [5.41, 5.74) is -0.131. The molecular formula is C14H25NO3. The van der Waals surface area contributed by atoms with Crippen LogP contribution >= 0.6 is 0 Å². The van der Waals surface area contributed by atoms with Gasteiger partial charge in [0.2, 0.25) is 0 Å². The van der Waals surface area contributed by atoms with Gasteiger partial charge < -0.3 is 14.7 Å². The third kappa shape index (κ3) is 3.16. The van der Waals surface area contributed by atoms with Crippen molar-refractivity contribution in [3.63, 3.8) is 0 Å². The van der Waals surface area contributed by atoms with Gasteiger partial charge in [0, 0.05) is 13.1 Å². The molecule has 1 spiro atoms. The average molecular weight is 255 g/mol. The Labute approximate surface area is 109 Å². The zero-order chi connectivity index (χ0) is 13.4. The quantitative estimate of drug-likeness (QED) is 0.723. The third-order valence-electron chi connectivity index (χ3n) is 4.15. The number of hydrogen-bond acceptors (Lipinski definition) is 3. The molecule has 0 aromatic carbocycles. The van der Waals surface area contributed by atoms with Crippen molar-refractivity contribution >= 4 is 6.09 Å². The molecule has 1 heterocycles. The second kappa shape index (κ2) is 4.72. The summed E-state index contributed by atoms with van der Waals surface area (Å²) in [7, 11) is 0. The van der Waals surface area contributed by atoms with Gasteiger partial charge in [-0.3, -0.25) is 0 Å². The number of rotatable bonds is 0. The molecule has 1 N–H and O–H groups in total. The van der Waals surface area contributed by atoms with Gasteiger partial charge in [0.1, 0.15) is 5.60 Å². The maximum absolute atomic E-state index is 11.9. The van der Waals surface area contributed by atoms with Gasteiger partial charge in [0.05, 0.1) is 6.10 Å². The van der Waals surface area contributed by atoms with Crippen LogP contribution in [0.1, 0.15) is 52.9 Å². The first-order chi connectivity index (χ1) is 8.30. The van der Waals surface area contributed by atoms with Crippen molar-refractivity contribution in [2.45, 2.75) is 64.6 Å². The number of likely N-dealkylation sites (tertiary alicyclic amines) is 1. The number of hydrogen-bond donors (Lipinski definition) is 1. The number of carbonyl (C=O) groups excluding carboxylic acids is 1. The molecule has 0 radical (unpaired) electrons. The first-order valence-corrected chi connectivity index (χ1v) is 6.96. The first-order valence-electron chi connectivity index (χ1n) is 6.96. The largest absolute Gasteiger partial charge is 0.444 e. The Morgan fingerprint density at radius 2 is 1.89 bits per heavy atom. The summed E-state index contributed by atoms with van der Waals surface area (Å²) in [6, 6.07) is 0. The van der Waals surface area contributed by atoms with Crippen molar-refractivity contribution in [1.29, 1.82) is 0 Å². The van der Waals surface area contributed by atoms with Gasteiger partial charge >= 0.3 is 6.09 Å². The van der Waals surface area contributed by atoms with Gasteiger partial charge in [-0.05, 0) is 58.3 Å². The summed E-state index contributed by atoms with van der Waals surface area (Å²) in [5, 5.41) is 9.67. The minimum atomic E-state index is -0.421. The smallest absolute Gasteiger partial charge is 0.410 e. The van der Waals surface area contributed by atoms with Crippen LogP contribution in [0.15, 0.2) is 0 Å². The first kappa shape index (κ1) is 13.7. The van der Waals surface area contributed by atoms with Crippen LogP contribution in [0.4, 0.5) is 4.79 Å². The van der Waals surface area contributed by atoms with Crippen molar-refractivity contribution in [3.05, 3.63) is 0 Å². The van der Waals surface area contributed by atoms with E-state index in [4.69, 9.17) is 4.74 Å². The van der Waals surface area contributed by atoms with Crippen molar-refractivity contribution in [2.75, 3.05) is 13.1 Å². The molecule has 0 bridgehead atoms. The van der Waals surface area contributed by atoms with Gasteiger partial charge in [-0.1, -0.05) is 0 Å². The van der Waals surface area contributed by atoms with E-state index < -0.39 is 5.60 Å². The van der Waals surface area contributed by atoms with Gasteiger partial charge in [-0.15, -0.1) is 0 Å². The van der Waals surface area contributed by atoms with Crippen LogP contribution in [0.3, 0.4) is 0 Å². The number of nitrogens with zero attached hydrogens (tertiary/aromatic N) is 1. The Balaban J connectivity index is 1.85. The third-order valence-corrected chi connectivity index (χ3v) is 4.15. The minimum absolute atomic E-state index is 0.127. The predicted molar refractivity (Wildman–Crippen MR) is 69.3 cm³/mol. The topological polar surface area (TPSA) is 49.8 Å². The van der Waals surface area contributed by atoms with Crippen molar-refractivity contribution in [1.82, 2.24) is 4.90 Å². The van der Waals surface area contributed by atoms with Gasteiger partial charge in [-0.25, -0.2) is 4.79 Å². The Kier molecular flexibility index (Phi) is 3.58. The fourth-order valence-corrected chi connectivity index (χ4v) is 3.12. The Morgan fingerprint density at radius 3 is 2.33 bits per heavy atom. The second-order valence-electron chi connectivity index (χ2n) is 6.86. The molecule has 0 aromatic rings. The van der Waals surface area contributed by atoms with Crippen LogP contribution in [-0.4, -0.2) is 40.9 Å². The second-order valence-corrected chi connectivity index (χ2v) is 6.86. The average Bonchev–Trinajstić information content (AvgIpc) is 2.58. The van der Waals surface area contributed by atoms with Gasteiger partial charge in [-0.2, -0.15) is 0 Å². The normalized spacial score (nSPS) is 27.6. The van der Waals surface area contributed by atoms with E-state index >= 15 is 0 Å². The summed E-state index contributed by atoms with van der Waals surface area (Å²) in [5.74, 6) is 0. The lowest BCUT2D eigenvalue weighted by Crippen LogP contribution is -2.44. The maximum atomic E-state index is 11.9. The standard InChI is InChI=1S/C14H25NO3/c1-13(2,3)18-12(17)15-8-6-14(7-9-15)5-4-11(16)10-14/h11,16H,4-10H2,1-3H3/t11-/m0/s1. The SMILES string of the molecule is CC(C)(C)OC(=O)N1CCC2(CC[C@H](O)C2)CC1. The van der Waals surface area contributed by atoms with E-state index in [1.807, 2.05) is 20.8 Å². The molecule has 1 atom stereocenters. The van der Waals surface area contributed by atoms with E-state index in [0.29, 0.717) is 0 Å². The number of piperidine rings is 1. The van der Waals surface area contributed by atoms with Crippen molar-refractivity contribution in [2.24, 2.45) is 5.41 Å². The van der Waals surface area contributed by atoms with E-state index in [0.717, 1.165) is 45.2 Å². The zero-order valence-electron chi connectivity index (χ0n) is 11.7. The number of aliphatic hydroxyl groups excluding tert-OH is 1. The van der Waals surface area contributed by atoms with E-state index in [2.05, 4.69) is 0 Å². The van der Waals surface area contributed by atoms with Crippen LogP contribution < -0.4 is 0 Å². The molecule has 1 aliphatic heterocycles. The molecule has 0 aromatic heterocycles. The van der Waals surface area contributed by atoms with E-state index in [9.17, 15) is 9.90 Å². The highest BCUT2D eigenvalue weighted by molar-refractivity contribution is 5.68. The van der Waals surface area contributed by atoms with Crippen LogP contribution in [0.25, 0.3) is 0 Å². The van der Waals surface area contributed by atoms with Crippen molar-refractivity contribution in [3.8, 4) is 0 Å². The number of carbonyl (C=O) groups is 1. The Morgan fingerprint density at radius 1 is 1.28 bits per heavy atom. The molecular weight excluding hydrogens is 230 g/mol. The number of amides is 1. The minimum Gasteiger partial charge on any atom is -0.444 e. The molecule has 104 valence electrons. The molecule has 2 rings (SSSR count). The Hall–Kier alpha value is -0.770. The number of ether oxygens (including phenoxy) is 1. The summed E-state index contributed by atoms with van der Waals surface area (Å²) in [6.07, 6.45) is 4.62. The monoisotopic (exact) mass is 255 g/mol. The van der Waals surface area contributed by atoms with E-state index in [1.165, 1.54) is 0 Å². The lowest BCUT2D eigenvalue weighted by atomic mass is 9.77. The van der Waals surface area contributed by atoms with Crippen LogP contribution in [-0.2, 0) is 4.74 Å². The van der Waals surface area contributed by atoms with Crippen LogP contribution in [0.5, 0.6) is 0 Å². The predicted octanol–water partition coefficient (Wildman–Crippen LogP) is 2.55.